The van der Waals surface area contributed by atoms with E-state index in [4.69, 9.17) is 11.1 Å². The lowest BCUT2D eigenvalue weighted by molar-refractivity contribution is 0.310. The van der Waals surface area contributed by atoms with E-state index < -0.39 is 5.82 Å². The van der Waals surface area contributed by atoms with Crippen molar-refractivity contribution in [1.29, 1.82) is 5.41 Å². The quantitative estimate of drug-likeness (QED) is 0.657. The summed E-state index contributed by atoms with van der Waals surface area (Å²) in [7, 11) is 1.91. The molecule has 20 heavy (non-hydrogen) atoms. The Bertz CT molecular complexity index is 623. The molecule has 0 spiro atoms. The Morgan fingerprint density at radius 2 is 2.20 bits per heavy atom. The fourth-order valence-electron chi connectivity index (χ4n) is 2.01. The van der Waals surface area contributed by atoms with Gasteiger partial charge in [-0.1, -0.05) is 12.1 Å². The van der Waals surface area contributed by atoms with Crippen LogP contribution in [-0.4, -0.2) is 22.8 Å². The first-order valence-electron chi connectivity index (χ1n) is 6.18. The lowest BCUT2D eigenvalue weighted by atomic mass is 10.1. The zero-order valence-corrected chi connectivity index (χ0v) is 12.3. The van der Waals surface area contributed by atoms with Gasteiger partial charge in [-0.25, -0.2) is 9.37 Å². The normalized spacial score (nSPS) is 11.0. The first kappa shape index (κ1) is 14.6. The number of rotatable bonds is 5. The zero-order chi connectivity index (χ0) is 14.7. The summed E-state index contributed by atoms with van der Waals surface area (Å²) in [4.78, 5) is 6.37. The van der Waals surface area contributed by atoms with E-state index >= 15 is 0 Å². The van der Waals surface area contributed by atoms with E-state index in [-0.39, 0.29) is 11.4 Å². The molecule has 1 aromatic heterocycles. The molecular formula is C14H17FN4S. The molecule has 0 fully saturated rings. The number of aryl methyl sites for hydroxylation is 1. The molecule has 4 nitrogen and oxygen atoms in total. The molecule has 0 aliphatic rings. The number of hydrogen-bond acceptors (Lipinski definition) is 4. The van der Waals surface area contributed by atoms with Crippen molar-refractivity contribution in [2.45, 2.75) is 20.0 Å². The number of nitrogens with two attached hydrogens (primary N) is 1. The Balaban J connectivity index is 2.09. The highest BCUT2D eigenvalue weighted by Crippen LogP contribution is 2.16. The fraction of sp³-hybridized carbons (Fsp3) is 0.286. The lowest BCUT2D eigenvalue weighted by Gasteiger charge is -2.16. The average molecular weight is 292 g/mol. The average Bonchev–Trinajstić information content (AvgIpc) is 2.77. The molecule has 0 bridgehead atoms. The molecule has 2 rings (SSSR count). The predicted molar refractivity (Wildman–Crippen MR) is 79.4 cm³/mol. The van der Waals surface area contributed by atoms with Crippen LogP contribution in [0.15, 0.2) is 23.6 Å². The highest BCUT2D eigenvalue weighted by molar-refractivity contribution is 7.09. The molecule has 1 heterocycles. The second kappa shape index (κ2) is 6.11. The summed E-state index contributed by atoms with van der Waals surface area (Å²) in [5.41, 5.74) is 7.03. The Morgan fingerprint density at radius 3 is 2.80 bits per heavy atom. The van der Waals surface area contributed by atoms with Gasteiger partial charge < -0.3 is 5.73 Å². The van der Waals surface area contributed by atoms with Crippen molar-refractivity contribution in [2.24, 2.45) is 5.73 Å². The summed E-state index contributed by atoms with van der Waals surface area (Å²) in [6, 6.07) is 4.95. The molecule has 0 aliphatic carbocycles. The zero-order valence-electron chi connectivity index (χ0n) is 11.5. The van der Waals surface area contributed by atoms with Crippen molar-refractivity contribution in [1.82, 2.24) is 9.88 Å². The Labute approximate surface area is 121 Å². The molecule has 0 saturated carbocycles. The summed E-state index contributed by atoms with van der Waals surface area (Å²) >= 11 is 1.61. The number of hydrogen-bond donors (Lipinski definition) is 2. The van der Waals surface area contributed by atoms with Crippen LogP contribution < -0.4 is 5.73 Å². The third kappa shape index (κ3) is 3.40. The molecule has 0 atom stereocenters. The number of nitrogens with zero attached hydrogens (tertiary/aromatic N) is 2. The Morgan fingerprint density at radius 1 is 1.45 bits per heavy atom. The van der Waals surface area contributed by atoms with E-state index in [1.54, 1.807) is 23.5 Å². The van der Waals surface area contributed by atoms with Crippen molar-refractivity contribution >= 4 is 17.2 Å². The third-order valence-corrected chi connectivity index (χ3v) is 3.73. The van der Waals surface area contributed by atoms with E-state index in [1.165, 1.54) is 6.07 Å². The third-order valence-electron chi connectivity index (χ3n) is 2.91. The predicted octanol–water partition coefficient (Wildman–Crippen LogP) is 2.51. The minimum absolute atomic E-state index is 0.153. The second-order valence-electron chi connectivity index (χ2n) is 4.72. The molecule has 6 heteroatoms. The van der Waals surface area contributed by atoms with Gasteiger partial charge in [0.1, 0.15) is 11.7 Å². The number of nitrogen functional groups attached to an aromatic ring is 1. The molecule has 0 aliphatic heterocycles. The molecule has 106 valence electrons. The minimum Gasteiger partial charge on any atom is -0.384 e. The van der Waals surface area contributed by atoms with Crippen molar-refractivity contribution < 1.29 is 4.39 Å². The SMILES string of the molecule is Cc1nc(CN(C)Cc2cccc(C(=N)N)c2F)cs1. The molecule has 0 amide bonds. The van der Waals surface area contributed by atoms with E-state index in [1.807, 2.05) is 24.3 Å². The summed E-state index contributed by atoms with van der Waals surface area (Å²) in [6.45, 7) is 3.07. The van der Waals surface area contributed by atoms with Gasteiger partial charge in [0.05, 0.1) is 16.3 Å². The van der Waals surface area contributed by atoms with Crippen LogP contribution in [0.1, 0.15) is 21.8 Å². The molecule has 1 aromatic carbocycles. The lowest BCUT2D eigenvalue weighted by Crippen LogP contribution is -2.20. The maximum atomic E-state index is 14.2. The topological polar surface area (TPSA) is 66.0 Å². The first-order chi connectivity index (χ1) is 9.47. The molecule has 0 radical (unpaired) electrons. The van der Waals surface area contributed by atoms with Crippen LogP contribution in [0.3, 0.4) is 0 Å². The van der Waals surface area contributed by atoms with Crippen molar-refractivity contribution in [3.05, 3.63) is 51.2 Å². The number of halogens is 1. The fourth-order valence-corrected chi connectivity index (χ4v) is 2.62. The standard InChI is InChI=1S/C14H17FN4S/c1-9-18-11(8-20-9)7-19(2)6-10-4-3-5-12(13(10)15)14(16)17/h3-5,8H,6-7H2,1-2H3,(H3,16,17). The van der Waals surface area contributed by atoms with Gasteiger partial charge in [-0.3, -0.25) is 10.3 Å². The monoisotopic (exact) mass is 292 g/mol. The first-order valence-corrected chi connectivity index (χ1v) is 7.06. The molecule has 0 saturated heterocycles. The Kier molecular flexibility index (Phi) is 4.46. The van der Waals surface area contributed by atoms with Crippen LogP contribution >= 0.6 is 11.3 Å². The summed E-state index contributed by atoms with van der Waals surface area (Å²) in [5.74, 6) is -0.663. The van der Waals surface area contributed by atoms with Crippen molar-refractivity contribution in [3.63, 3.8) is 0 Å². The number of benzene rings is 1. The van der Waals surface area contributed by atoms with Gasteiger partial charge in [0.15, 0.2) is 0 Å². The largest absolute Gasteiger partial charge is 0.384 e. The van der Waals surface area contributed by atoms with Gasteiger partial charge in [-0.2, -0.15) is 0 Å². The van der Waals surface area contributed by atoms with E-state index in [0.717, 1.165) is 10.7 Å². The highest BCUT2D eigenvalue weighted by atomic mass is 32.1. The van der Waals surface area contributed by atoms with Crippen LogP contribution in [0.4, 0.5) is 4.39 Å². The van der Waals surface area contributed by atoms with Crippen LogP contribution in [0.5, 0.6) is 0 Å². The number of amidine groups is 1. The molecule has 0 unspecified atom stereocenters. The van der Waals surface area contributed by atoms with Crippen LogP contribution in [0.25, 0.3) is 0 Å². The van der Waals surface area contributed by atoms with Crippen LogP contribution in [0, 0.1) is 18.2 Å². The van der Waals surface area contributed by atoms with Gasteiger partial charge in [-0.05, 0) is 20.0 Å². The van der Waals surface area contributed by atoms with Crippen LogP contribution in [0.2, 0.25) is 0 Å². The van der Waals surface area contributed by atoms with Crippen molar-refractivity contribution in [3.8, 4) is 0 Å². The van der Waals surface area contributed by atoms with Gasteiger partial charge in [-0.15, -0.1) is 11.3 Å². The summed E-state index contributed by atoms with van der Waals surface area (Å²) < 4.78 is 14.2. The molecule has 3 N–H and O–H groups in total. The van der Waals surface area contributed by atoms with Gasteiger partial charge in [0.25, 0.3) is 0 Å². The maximum Gasteiger partial charge on any atom is 0.138 e. The second-order valence-corrected chi connectivity index (χ2v) is 5.78. The molecular weight excluding hydrogens is 275 g/mol. The van der Waals surface area contributed by atoms with Crippen molar-refractivity contribution in [2.75, 3.05) is 7.05 Å². The number of nitrogens with one attached hydrogen (secondary N) is 1. The van der Waals surface area contributed by atoms with E-state index in [2.05, 4.69) is 4.98 Å². The van der Waals surface area contributed by atoms with E-state index in [0.29, 0.717) is 18.7 Å². The van der Waals surface area contributed by atoms with Gasteiger partial charge in [0.2, 0.25) is 0 Å². The van der Waals surface area contributed by atoms with Crippen LogP contribution in [-0.2, 0) is 13.1 Å². The summed E-state index contributed by atoms with van der Waals surface area (Å²) in [5, 5.41) is 10.4. The smallest absolute Gasteiger partial charge is 0.138 e. The summed E-state index contributed by atoms with van der Waals surface area (Å²) in [6.07, 6.45) is 0. The maximum absolute atomic E-state index is 14.2. The van der Waals surface area contributed by atoms with Gasteiger partial charge >= 0.3 is 0 Å². The highest BCUT2D eigenvalue weighted by Gasteiger charge is 2.12. The molecule has 2 aromatic rings. The minimum atomic E-state index is -0.415. The van der Waals surface area contributed by atoms with Gasteiger partial charge in [0, 0.05) is 24.0 Å². The number of thiazole rings is 1. The Hall–Kier alpha value is -1.79. The van der Waals surface area contributed by atoms with E-state index in [9.17, 15) is 4.39 Å². The number of aromatic nitrogens is 1.